The summed E-state index contributed by atoms with van der Waals surface area (Å²) < 4.78 is 11.1. The molecule has 1 aliphatic heterocycles. The molecule has 1 atom stereocenters. The van der Waals surface area contributed by atoms with Crippen LogP contribution in [-0.4, -0.2) is 41.8 Å². The first-order valence-electron chi connectivity index (χ1n) is 7.67. The van der Waals surface area contributed by atoms with E-state index in [-0.39, 0.29) is 11.5 Å². The topological polar surface area (TPSA) is 60.4 Å². The number of thiazole rings is 1. The molecule has 0 aliphatic carbocycles. The first kappa shape index (κ1) is 16.1. The zero-order valence-electron chi connectivity index (χ0n) is 13.9. The highest BCUT2D eigenvalue weighted by Crippen LogP contribution is 2.31. The summed E-state index contributed by atoms with van der Waals surface area (Å²) in [5.41, 5.74) is 1.16. The van der Waals surface area contributed by atoms with Gasteiger partial charge in [-0.1, -0.05) is 20.8 Å². The Labute approximate surface area is 140 Å². The van der Waals surface area contributed by atoms with E-state index in [1.54, 1.807) is 30.7 Å². The molecule has 1 saturated heterocycles. The molecule has 0 spiro atoms. The number of hydrogen-bond acceptors (Lipinski definition) is 7. The molecule has 7 heteroatoms. The molecule has 0 unspecified atom stereocenters. The van der Waals surface area contributed by atoms with Gasteiger partial charge in [0.05, 0.1) is 26.0 Å². The summed E-state index contributed by atoms with van der Waals surface area (Å²) in [4.78, 5) is 15.6. The molecule has 3 heterocycles. The van der Waals surface area contributed by atoms with Crippen LogP contribution in [0.5, 0.6) is 5.88 Å². The van der Waals surface area contributed by atoms with Crippen molar-refractivity contribution in [2.75, 3.05) is 31.7 Å². The van der Waals surface area contributed by atoms with Gasteiger partial charge in [-0.05, 0) is 0 Å². The van der Waals surface area contributed by atoms with Crippen molar-refractivity contribution in [2.45, 2.75) is 32.3 Å². The van der Waals surface area contributed by atoms with Crippen LogP contribution in [0.1, 0.15) is 37.6 Å². The molecule has 0 amide bonds. The van der Waals surface area contributed by atoms with Crippen LogP contribution < -0.4 is 9.64 Å². The Morgan fingerprint density at radius 2 is 2.17 bits per heavy atom. The monoisotopic (exact) mass is 334 g/mol. The van der Waals surface area contributed by atoms with Crippen LogP contribution in [0.3, 0.4) is 0 Å². The average Bonchev–Trinajstić information content (AvgIpc) is 3.05. The highest BCUT2D eigenvalue weighted by molar-refractivity contribution is 7.09. The number of hydrogen-bond donors (Lipinski definition) is 0. The minimum atomic E-state index is -0.0420. The fourth-order valence-corrected chi connectivity index (χ4v) is 3.44. The van der Waals surface area contributed by atoms with Crippen molar-refractivity contribution in [3.05, 3.63) is 28.3 Å². The summed E-state index contributed by atoms with van der Waals surface area (Å²) in [6, 6.07) is 1.75. The second-order valence-corrected chi connectivity index (χ2v) is 7.42. The zero-order valence-corrected chi connectivity index (χ0v) is 14.8. The van der Waals surface area contributed by atoms with Crippen molar-refractivity contribution in [3.8, 4) is 5.88 Å². The van der Waals surface area contributed by atoms with Crippen LogP contribution in [0, 0.1) is 0 Å². The third-order valence-corrected chi connectivity index (χ3v) is 4.68. The Morgan fingerprint density at radius 3 is 2.87 bits per heavy atom. The van der Waals surface area contributed by atoms with E-state index in [1.165, 1.54) is 0 Å². The summed E-state index contributed by atoms with van der Waals surface area (Å²) in [7, 11) is 1.61. The van der Waals surface area contributed by atoms with E-state index < -0.39 is 0 Å². The SMILES string of the molecule is COc1ccnc(N2CCO[C@H](c3nc(C(C)(C)C)cs3)C2)n1. The maximum Gasteiger partial charge on any atom is 0.228 e. The molecule has 1 fully saturated rings. The zero-order chi connectivity index (χ0) is 16.4. The predicted molar refractivity (Wildman–Crippen MR) is 90.3 cm³/mol. The Kier molecular flexibility index (Phi) is 4.50. The predicted octanol–water partition coefficient (Wildman–Crippen LogP) is 2.82. The van der Waals surface area contributed by atoms with Gasteiger partial charge in [0, 0.05) is 29.6 Å². The Balaban J connectivity index is 1.76. The quantitative estimate of drug-likeness (QED) is 0.860. The molecule has 23 heavy (non-hydrogen) atoms. The minimum absolute atomic E-state index is 0.0420. The third-order valence-electron chi connectivity index (χ3n) is 3.74. The number of anilines is 1. The summed E-state index contributed by atoms with van der Waals surface area (Å²) in [5.74, 6) is 1.24. The summed E-state index contributed by atoms with van der Waals surface area (Å²) >= 11 is 1.66. The highest BCUT2D eigenvalue weighted by Gasteiger charge is 2.27. The highest BCUT2D eigenvalue weighted by atomic mass is 32.1. The molecular weight excluding hydrogens is 312 g/mol. The fraction of sp³-hybridized carbons (Fsp3) is 0.562. The van der Waals surface area contributed by atoms with E-state index >= 15 is 0 Å². The maximum atomic E-state index is 5.92. The summed E-state index contributed by atoms with van der Waals surface area (Å²) in [5, 5.41) is 3.14. The van der Waals surface area contributed by atoms with Gasteiger partial charge in [-0.2, -0.15) is 4.98 Å². The van der Waals surface area contributed by atoms with E-state index in [9.17, 15) is 0 Å². The van der Waals surface area contributed by atoms with E-state index in [0.717, 1.165) is 17.2 Å². The number of methoxy groups -OCH3 is 1. The standard InChI is InChI=1S/C16H22N4O2S/c1-16(2,3)12-10-23-14(18-12)11-9-20(7-8-22-11)15-17-6-5-13(19-15)21-4/h5-6,10-11H,7-9H2,1-4H3/t11-/m0/s1. The van der Waals surface area contributed by atoms with Crippen molar-refractivity contribution in [2.24, 2.45) is 0 Å². The Bertz CT molecular complexity index is 668. The molecular formula is C16H22N4O2S. The van der Waals surface area contributed by atoms with Gasteiger partial charge in [-0.3, -0.25) is 0 Å². The smallest absolute Gasteiger partial charge is 0.228 e. The number of nitrogens with zero attached hydrogens (tertiary/aromatic N) is 4. The first-order valence-corrected chi connectivity index (χ1v) is 8.55. The van der Waals surface area contributed by atoms with Crippen molar-refractivity contribution in [1.82, 2.24) is 15.0 Å². The van der Waals surface area contributed by atoms with Gasteiger partial charge in [-0.15, -0.1) is 11.3 Å². The fourth-order valence-electron chi connectivity index (χ4n) is 2.36. The van der Waals surface area contributed by atoms with E-state index in [1.807, 2.05) is 0 Å². The second-order valence-electron chi connectivity index (χ2n) is 6.53. The van der Waals surface area contributed by atoms with Gasteiger partial charge < -0.3 is 14.4 Å². The van der Waals surface area contributed by atoms with Gasteiger partial charge in [0.2, 0.25) is 11.8 Å². The van der Waals surface area contributed by atoms with Crippen LogP contribution in [0.25, 0.3) is 0 Å². The third kappa shape index (κ3) is 3.61. The van der Waals surface area contributed by atoms with Gasteiger partial charge in [0.15, 0.2) is 0 Å². The first-order chi connectivity index (χ1) is 11.0. The van der Waals surface area contributed by atoms with Crippen LogP contribution in [0.15, 0.2) is 17.6 Å². The van der Waals surface area contributed by atoms with Crippen molar-refractivity contribution >= 4 is 17.3 Å². The Hall–Kier alpha value is -1.73. The second kappa shape index (κ2) is 6.41. The molecule has 2 aromatic rings. The molecule has 3 rings (SSSR count). The lowest BCUT2D eigenvalue weighted by Crippen LogP contribution is -2.39. The minimum Gasteiger partial charge on any atom is -0.481 e. The van der Waals surface area contributed by atoms with E-state index in [4.69, 9.17) is 14.5 Å². The molecule has 2 aromatic heterocycles. The Morgan fingerprint density at radius 1 is 1.35 bits per heavy atom. The van der Waals surface area contributed by atoms with Gasteiger partial charge >= 0.3 is 0 Å². The summed E-state index contributed by atoms with van der Waals surface area (Å²) in [6.45, 7) is 8.61. The number of aromatic nitrogens is 3. The molecule has 0 N–H and O–H groups in total. The van der Waals surface area contributed by atoms with E-state index in [0.29, 0.717) is 25.0 Å². The van der Waals surface area contributed by atoms with Crippen LogP contribution in [-0.2, 0) is 10.2 Å². The van der Waals surface area contributed by atoms with E-state index in [2.05, 4.69) is 41.0 Å². The van der Waals surface area contributed by atoms with Crippen molar-refractivity contribution < 1.29 is 9.47 Å². The van der Waals surface area contributed by atoms with Crippen LogP contribution >= 0.6 is 11.3 Å². The largest absolute Gasteiger partial charge is 0.481 e. The number of rotatable bonds is 3. The average molecular weight is 334 g/mol. The molecule has 1 aliphatic rings. The van der Waals surface area contributed by atoms with Gasteiger partial charge in [-0.25, -0.2) is 9.97 Å². The lowest BCUT2D eigenvalue weighted by Gasteiger charge is -2.32. The molecule has 0 aromatic carbocycles. The molecule has 0 saturated carbocycles. The molecule has 0 bridgehead atoms. The molecule has 0 radical (unpaired) electrons. The molecule has 6 nitrogen and oxygen atoms in total. The number of ether oxygens (including phenoxy) is 2. The van der Waals surface area contributed by atoms with Crippen molar-refractivity contribution in [3.63, 3.8) is 0 Å². The molecule has 124 valence electrons. The maximum absolute atomic E-state index is 5.92. The number of morpholine rings is 1. The normalized spacial score (nSPS) is 19.0. The van der Waals surface area contributed by atoms with Crippen LogP contribution in [0.4, 0.5) is 5.95 Å². The lowest BCUT2D eigenvalue weighted by molar-refractivity contribution is 0.0389. The van der Waals surface area contributed by atoms with Crippen LogP contribution in [0.2, 0.25) is 0 Å². The lowest BCUT2D eigenvalue weighted by atomic mass is 9.93. The van der Waals surface area contributed by atoms with Gasteiger partial charge in [0.25, 0.3) is 0 Å². The summed E-state index contributed by atoms with van der Waals surface area (Å²) in [6.07, 6.45) is 1.67. The van der Waals surface area contributed by atoms with Crippen molar-refractivity contribution in [1.29, 1.82) is 0 Å². The van der Waals surface area contributed by atoms with Gasteiger partial charge in [0.1, 0.15) is 11.1 Å².